The molecule has 0 amide bonds. The Bertz CT molecular complexity index is 711. The molecule has 0 saturated carbocycles. The molecule has 110 valence electrons. The highest BCUT2D eigenvalue weighted by Gasteiger charge is 2.16. The van der Waals surface area contributed by atoms with E-state index in [2.05, 4.69) is 5.10 Å². The van der Waals surface area contributed by atoms with Gasteiger partial charge in [-0.05, 0) is 13.0 Å². The van der Waals surface area contributed by atoms with E-state index in [4.69, 9.17) is 16.3 Å². The first-order valence-corrected chi connectivity index (χ1v) is 6.36. The van der Waals surface area contributed by atoms with E-state index < -0.39 is 10.9 Å². The van der Waals surface area contributed by atoms with Crippen molar-refractivity contribution in [3.8, 4) is 0 Å². The van der Waals surface area contributed by atoms with E-state index in [9.17, 15) is 14.9 Å². The Labute approximate surface area is 125 Å². The number of carbonyl (C=O) groups is 1. The molecule has 1 heterocycles. The minimum atomic E-state index is -0.641. The predicted octanol–water partition coefficient (Wildman–Crippen LogP) is 2.65. The van der Waals surface area contributed by atoms with Crippen molar-refractivity contribution in [2.75, 3.05) is 0 Å². The first-order chi connectivity index (χ1) is 9.88. The highest BCUT2D eigenvalue weighted by Crippen LogP contribution is 2.23. The Morgan fingerprint density at radius 1 is 1.52 bits per heavy atom. The molecular weight excluding hydrogens is 298 g/mol. The molecule has 21 heavy (non-hydrogen) atoms. The van der Waals surface area contributed by atoms with Gasteiger partial charge in [-0.15, -0.1) is 0 Å². The summed E-state index contributed by atoms with van der Waals surface area (Å²) in [6.07, 6.45) is 1.75. The van der Waals surface area contributed by atoms with Gasteiger partial charge in [0.25, 0.3) is 5.69 Å². The van der Waals surface area contributed by atoms with E-state index in [1.165, 1.54) is 12.1 Å². The zero-order chi connectivity index (χ0) is 15.6. The van der Waals surface area contributed by atoms with Gasteiger partial charge in [0.2, 0.25) is 0 Å². The molecule has 0 saturated heterocycles. The maximum absolute atomic E-state index is 11.9. The van der Waals surface area contributed by atoms with Gasteiger partial charge in [-0.1, -0.05) is 11.6 Å². The van der Waals surface area contributed by atoms with Crippen molar-refractivity contribution in [2.24, 2.45) is 7.05 Å². The van der Waals surface area contributed by atoms with Crippen molar-refractivity contribution in [3.63, 3.8) is 0 Å². The van der Waals surface area contributed by atoms with Crippen LogP contribution in [0.5, 0.6) is 0 Å². The number of ether oxygens (including phenoxy) is 1. The van der Waals surface area contributed by atoms with Gasteiger partial charge in [-0.3, -0.25) is 14.8 Å². The summed E-state index contributed by atoms with van der Waals surface area (Å²) in [5, 5.41) is 14.7. The SMILES string of the molecule is Cc1nn(C)cc1COC(=O)c1ccc([N+](=O)[O-])cc1Cl. The average Bonchev–Trinajstić information content (AvgIpc) is 2.74. The number of nitro groups is 1. The Balaban J connectivity index is 2.10. The third kappa shape index (κ3) is 3.38. The average molecular weight is 310 g/mol. The zero-order valence-electron chi connectivity index (χ0n) is 11.4. The summed E-state index contributed by atoms with van der Waals surface area (Å²) in [4.78, 5) is 22.0. The van der Waals surface area contributed by atoms with Gasteiger partial charge >= 0.3 is 5.97 Å². The maximum Gasteiger partial charge on any atom is 0.339 e. The number of hydrogen-bond donors (Lipinski definition) is 0. The van der Waals surface area contributed by atoms with Gasteiger partial charge in [-0.25, -0.2) is 4.79 Å². The minimum Gasteiger partial charge on any atom is -0.457 e. The quantitative estimate of drug-likeness (QED) is 0.492. The molecule has 0 bridgehead atoms. The summed E-state index contributed by atoms with van der Waals surface area (Å²) in [6, 6.07) is 3.60. The number of non-ortho nitro benzene ring substituents is 1. The Morgan fingerprint density at radius 3 is 2.76 bits per heavy atom. The fraction of sp³-hybridized carbons (Fsp3) is 0.231. The molecule has 2 aromatic rings. The monoisotopic (exact) mass is 309 g/mol. The Kier molecular flexibility index (Phi) is 4.23. The van der Waals surface area contributed by atoms with Gasteiger partial charge in [-0.2, -0.15) is 5.10 Å². The standard InChI is InChI=1S/C13H12ClN3O4/c1-8-9(6-16(2)15-8)7-21-13(18)11-4-3-10(17(19)20)5-12(11)14/h3-6H,7H2,1-2H3. The van der Waals surface area contributed by atoms with E-state index in [0.29, 0.717) is 0 Å². The third-order valence-electron chi connectivity index (χ3n) is 2.86. The van der Waals surface area contributed by atoms with Crippen molar-refractivity contribution in [1.29, 1.82) is 0 Å². The van der Waals surface area contributed by atoms with Crippen LogP contribution in [0.3, 0.4) is 0 Å². The zero-order valence-corrected chi connectivity index (χ0v) is 12.1. The molecule has 0 aliphatic rings. The van der Waals surface area contributed by atoms with Gasteiger partial charge < -0.3 is 4.74 Å². The number of carbonyl (C=O) groups excluding carboxylic acids is 1. The number of halogens is 1. The fourth-order valence-electron chi connectivity index (χ4n) is 1.79. The number of nitrogens with zero attached hydrogens (tertiary/aromatic N) is 3. The fourth-order valence-corrected chi connectivity index (χ4v) is 2.05. The van der Waals surface area contributed by atoms with Gasteiger partial charge in [0.1, 0.15) is 6.61 Å². The van der Waals surface area contributed by atoms with Crippen LogP contribution in [-0.4, -0.2) is 20.7 Å². The highest BCUT2D eigenvalue weighted by atomic mass is 35.5. The Hall–Kier alpha value is -2.41. The predicted molar refractivity (Wildman–Crippen MR) is 75.2 cm³/mol. The van der Waals surface area contributed by atoms with Crippen molar-refractivity contribution < 1.29 is 14.5 Å². The van der Waals surface area contributed by atoms with Crippen LogP contribution in [0.1, 0.15) is 21.6 Å². The van der Waals surface area contributed by atoms with Crippen LogP contribution in [0.2, 0.25) is 5.02 Å². The Morgan fingerprint density at radius 2 is 2.24 bits per heavy atom. The molecule has 0 aliphatic heterocycles. The molecule has 0 fully saturated rings. The highest BCUT2D eigenvalue weighted by molar-refractivity contribution is 6.33. The number of esters is 1. The summed E-state index contributed by atoms with van der Waals surface area (Å²) >= 11 is 5.86. The van der Waals surface area contributed by atoms with Crippen LogP contribution >= 0.6 is 11.6 Å². The summed E-state index contributed by atoms with van der Waals surface area (Å²) in [6.45, 7) is 1.87. The van der Waals surface area contributed by atoms with Gasteiger partial charge in [0.15, 0.2) is 0 Å². The molecule has 8 heteroatoms. The molecule has 0 radical (unpaired) electrons. The lowest BCUT2D eigenvalue weighted by Gasteiger charge is -2.05. The second-order valence-electron chi connectivity index (χ2n) is 4.41. The van der Waals surface area contributed by atoms with E-state index in [0.717, 1.165) is 17.3 Å². The molecule has 0 N–H and O–H groups in total. The lowest BCUT2D eigenvalue weighted by atomic mass is 10.2. The molecule has 0 unspecified atom stereocenters. The number of aryl methyl sites for hydroxylation is 2. The van der Waals surface area contributed by atoms with Gasteiger partial charge in [0.05, 0.1) is 21.2 Å². The maximum atomic E-state index is 11.9. The smallest absolute Gasteiger partial charge is 0.339 e. The molecule has 0 aliphatic carbocycles. The molecule has 0 atom stereocenters. The molecule has 1 aromatic carbocycles. The number of nitro benzene ring substituents is 1. The molecule has 0 spiro atoms. The second-order valence-corrected chi connectivity index (χ2v) is 4.82. The van der Waals surface area contributed by atoms with Gasteiger partial charge in [0, 0.05) is 30.9 Å². The molecule has 7 nitrogen and oxygen atoms in total. The van der Waals surface area contributed by atoms with Crippen LogP contribution in [0.25, 0.3) is 0 Å². The molecular formula is C13H12ClN3O4. The molecule has 1 aromatic heterocycles. The van der Waals surface area contributed by atoms with Crippen molar-refractivity contribution >= 4 is 23.3 Å². The first kappa shape index (κ1) is 15.0. The summed E-state index contributed by atoms with van der Waals surface area (Å²) < 4.78 is 6.77. The van der Waals surface area contributed by atoms with E-state index in [1.54, 1.807) is 17.9 Å². The first-order valence-electron chi connectivity index (χ1n) is 5.98. The van der Waals surface area contributed by atoms with E-state index >= 15 is 0 Å². The lowest BCUT2D eigenvalue weighted by molar-refractivity contribution is -0.384. The number of benzene rings is 1. The number of hydrogen-bond acceptors (Lipinski definition) is 5. The van der Waals surface area contributed by atoms with Crippen LogP contribution in [-0.2, 0) is 18.4 Å². The summed E-state index contributed by atoms with van der Waals surface area (Å²) in [5.41, 5.74) is 1.45. The third-order valence-corrected chi connectivity index (χ3v) is 3.17. The summed E-state index contributed by atoms with van der Waals surface area (Å²) in [5.74, 6) is -0.641. The van der Waals surface area contributed by atoms with Crippen molar-refractivity contribution in [3.05, 3.63) is 56.4 Å². The molecule has 2 rings (SSSR count). The van der Waals surface area contributed by atoms with Crippen molar-refractivity contribution in [2.45, 2.75) is 13.5 Å². The minimum absolute atomic E-state index is 0.0166. The van der Waals surface area contributed by atoms with Crippen LogP contribution < -0.4 is 0 Å². The van der Waals surface area contributed by atoms with Crippen LogP contribution in [0, 0.1) is 17.0 Å². The van der Waals surface area contributed by atoms with Crippen LogP contribution in [0.15, 0.2) is 24.4 Å². The lowest BCUT2D eigenvalue weighted by Crippen LogP contribution is -2.06. The number of rotatable bonds is 4. The second kappa shape index (κ2) is 5.92. The number of aromatic nitrogens is 2. The van der Waals surface area contributed by atoms with E-state index in [1.807, 2.05) is 6.92 Å². The largest absolute Gasteiger partial charge is 0.457 e. The van der Waals surface area contributed by atoms with Crippen molar-refractivity contribution in [1.82, 2.24) is 9.78 Å². The topological polar surface area (TPSA) is 87.3 Å². The van der Waals surface area contributed by atoms with Crippen LogP contribution in [0.4, 0.5) is 5.69 Å². The van der Waals surface area contributed by atoms with E-state index in [-0.39, 0.29) is 22.9 Å². The normalized spacial score (nSPS) is 10.4. The summed E-state index contributed by atoms with van der Waals surface area (Å²) in [7, 11) is 1.77.